The van der Waals surface area contributed by atoms with Gasteiger partial charge in [0.05, 0.1) is 6.04 Å². The van der Waals surface area contributed by atoms with Gasteiger partial charge in [0.15, 0.2) is 0 Å². The van der Waals surface area contributed by atoms with E-state index >= 15 is 0 Å². The molecule has 2 aromatic rings. The first kappa shape index (κ1) is 39.6. The highest BCUT2D eigenvalue weighted by molar-refractivity contribution is 6.30. The van der Waals surface area contributed by atoms with Crippen molar-refractivity contribution in [3.05, 3.63) is 40.8 Å². The van der Waals surface area contributed by atoms with Crippen molar-refractivity contribution < 1.29 is 28.4 Å². The fourth-order valence-electron chi connectivity index (χ4n) is 5.60. The molecule has 3 heterocycles. The Balaban J connectivity index is 1.56. The lowest BCUT2D eigenvalue weighted by molar-refractivity contribution is -0.142. The number of likely N-dealkylation sites (tertiary alicyclic amines) is 1. The quantitative estimate of drug-likeness (QED) is 0.176. The van der Waals surface area contributed by atoms with E-state index in [1.54, 1.807) is 19.9 Å². The number of nitrogens with zero attached hydrogens (tertiary/aromatic N) is 4. The second-order valence-corrected chi connectivity index (χ2v) is 15.6. The summed E-state index contributed by atoms with van der Waals surface area (Å²) in [5, 5.41) is 17.0. The summed E-state index contributed by atoms with van der Waals surface area (Å²) in [6.45, 7) is 17.1. The van der Waals surface area contributed by atoms with Crippen LogP contribution < -0.4 is 16.0 Å². The Morgan fingerprint density at radius 2 is 1.65 bits per heavy atom. The summed E-state index contributed by atoms with van der Waals surface area (Å²) in [5.74, 6) is -2.22. The molecule has 3 N–H and O–H groups in total. The molecule has 1 aliphatic heterocycles. The molecule has 13 nitrogen and oxygen atoms in total. The molecule has 4 amide bonds. The molecule has 0 radical (unpaired) electrons. The van der Waals surface area contributed by atoms with Crippen LogP contribution in [0.2, 0.25) is 5.02 Å². The molecule has 1 saturated heterocycles. The SMILES string of the molecule is CC(C)[C@H](NC(=O)[C@@H]1CCCN1C(=O)[C@@H](NC(=O)CCCCC(C)(C)NC(=O)c1cc(Cl)ccn1)C(C)C)C(=O)c1nnc(C(C)(C)C)o1. The van der Waals surface area contributed by atoms with E-state index in [0.29, 0.717) is 49.6 Å². The summed E-state index contributed by atoms with van der Waals surface area (Å²) in [4.78, 5) is 71.8. The Labute approximate surface area is 294 Å². The van der Waals surface area contributed by atoms with Crippen molar-refractivity contribution in [3.8, 4) is 0 Å². The van der Waals surface area contributed by atoms with Crippen molar-refractivity contribution >= 4 is 41.0 Å². The van der Waals surface area contributed by atoms with Crippen LogP contribution >= 0.6 is 11.6 Å². The molecule has 0 spiro atoms. The van der Waals surface area contributed by atoms with Gasteiger partial charge in [0, 0.05) is 35.1 Å². The number of halogens is 1. The number of hydrogen-bond acceptors (Lipinski definition) is 9. The van der Waals surface area contributed by atoms with E-state index in [0.717, 1.165) is 0 Å². The summed E-state index contributed by atoms with van der Waals surface area (Å²) < 4.78 is 5.64. The number of Topliss-reactive ketones (excluding diaryl/α,β-unsaturated/α-hetero) is 1. The van der Waals surface area contributed by atoms with Gasteiger partial charge in [-0.2, -0.15) is 0 Å². The van der Waals surface area contributed by atoms with Crippen molar-refractivity contribution in [2.24, 2.45) is 11.8 Å². The van der Waals surface area contributed by atoms with Crippen LogP contribution in [0.4, 0.5) is 0 Å². The Morgan fingerprint density at radius 3 is 2.24 bits per heavy atom. The Hall–Kier alpha value is -3.87. The molecule has 49 heavy (non-hydrogen) atoms. The highest BCUT2D eigenvalue weighted by atomic mass is 35.5. The molecule has 1 fully saturated rings. The van der Waals surface area contributed by atoms with Crippen molar-refractivity contribution in [1.29, 1.82) is 0 Å². The summed E-state index contributed by atoms with van der Waals surface area (Å²) in [6.07, 6.45) is 4.55. The smallest absolute Gasteiger partial charge is 0.286 e. The third kappa shape index (κ3) is 11.1. The van der Waals surface area contributed by atoms with E-state index in [9.17, 15) is 24.0 Å². The minimum absolute atomic E-state index is 0.172. The fraction of sp³-hybridized carbons (Fsp3) is 0.657. The first-order valence-corrected chi connectivity index (χ1v) is 17.4. The third-order valence-corrected chi connectivity index (χ3v) is 8.71. The molecule has 0 aliphatic carbocycles. The number of ketones is 1. The summed E-state index contributed by atoms with van der Waals surface area (Å²) in [5.41, 5.74) is -0.755. The molecule has 270 valence electrons. The van der Waals surface area contributed by atoms with Gasteiger partial charge in [0.2, 0.25) is 29.4 Å². The second-order valence-electron chi connectivity index (χ2n) is 15.1. The highest BCUT2D eigenvalue weighted by Gasteiger charge is 2.41. The number of pyridine rings is 1. The summed E-state index contributed by atoms with van der Waals surface area (Å²) in [6, 6.07) is 0.571. The van der Waals surface area contributed by atoms with Crippen LogP contribution in [0.3, 0.4) is 0 Å². The Kier molecular flexibility index (Phi) is 13.5. The van der Waals surface area contributed by atoms with Gasteiger partial charge in [-0.25, -0.2) is 0 Å². The monoisotopic (exact) mass is 701 g/mol. The molecule has 3 atom stereocenters. The number of rotatable bonds is 15. The van der Waals surface area contributed by atoms with E-state index in [1.165, 1.54) is 17.2 Å². The van der Waals surface area contributed by atoms with Gasteiger partial charge >= 0.3 is 0 Å². The zero-order valence-electron chi connectivity index (χ0n) is 30.2. The number of carbonyl (C=O) groups excluding carboxylic acids is 5. The van der Waals surface area contributed by atoms with Gasteiger partial charge in [0.1, 0.15) is 17.8 Å². The van der Waals surface area contributed by atoms with Crippen LogP contribution in [-0.2, 0) is 19.8 Å². The van der Waals surface area contributed by atoms with Gasteiger partial charge in [-0.1, -0.05) is 66.5 Å². The topological polar surface area (TPSA) is 176 Å². The van der Waals surface area contributed by atoms with E-state index in [-0.39, 0.29) is 47.6 Å². The predicted octanol–water partition coefficient (Wildman–Crippen LogP) is 4.64. The molecule has 14 heteroatoms. The minimum atomic E-state index is -0.925. The van der Waals surface area contributed by atoms with Crippen molar-refractivity contribution in [2.75, 3.05) is 6.54 Å². The molecular formula is C35H52ClN7O6. The molecule has 3 rings (SSSR count). The summed E-state index contributed by atoms with van der Waals surface area (Å²) >= 11 is 5.98. The van der Waals surface area contributed by atoms with E-state index in [1.807, 2.05) is 48.5 Å². The van der Waals surface area contributed by atoms with E-state index in [2.05, 4.69) is 31.1 Å². The summed E-state index contributed by atoms with van der Waals surface area (Å²) in [7, 11) is 0. The van der Waals surface area contributed by atoms with E-state index in [4.69, 9.17) is 16.0 Å². The lowest BCUT2D eigenvalue weighted by atomic mass is 9.96. The fourth-order valence-corrected chi connectivity index (χ4v) is 5.76. The minimum Gasteiger partial charge on any atom is -0.418 e. The average Bonchev–Trinajstić information content (AvgIpc) is 3.71. The average molecular weight is 702 g/mol. The lowest BCUT2D eigenvalue weighted by Crippen LogP contribution is -2.57. The maximum Gasteiger partial charge on any atom is 0.286 e. The zero-order chi connectivity index (χ0) is 36.7. The number of carbonyl (C=O) groups is 5. The van der Waals surface area contributed by atoms with Crippen LogP contribution in [0.25, 0.3) is 0 Å². The zero-order valence-corrected chi connectivity index (χ0v) is 30.9. The van der Waals surface area contributed by atoms with Crippen molar-refractivity contribution in [2.45, 2.75) is 130 Å². The molecular weight excluding hydrogens is 650 g/mol. The normalized spacial score (nSPS) is 16.4. The Bertz CT molecular complexity index is 1500. The molecule has 0 bridgehead atoms. The van der Waals surface area contributed by atoms with Gasteiger partial charge in [-0.15, -0.1) is 10.2 Å². The van der Waals surface area contributed by atoms with Crippen LogP contribution in [0, 0.1) is 11.8 Å². The third-order valence-electron chi connectivity index (χ3n) is 8.47. The first-order chi connectivity index (χ1) is 22.8. The highest BCUT2D eigenvalue weighted by Crippen LogP contribution is 2.24. The standard InChI is InChI=1S/C35H52ClN7O6/c1-20(2)26(28(45)31-41-42-33(49-31)34(5,6)7)39-30(47)24-13-12-18-43(24)32(48)27(21(3)4)38-25(44)14-10-11-16-35(8,9)40-29(46)23-19-22(36)15-17-37-23/h15,17,19-21,24,26-27H,10-14,16,18H2,1-9H3,(H,38,44)(H,39,47)(H,40,46)/t24-,26-,27-/m0/s1. The van der Waals surface area contributed by atoms with Crippen LogP contribution in [0.5, 0.6) is 0 Å². The van der Waals surface area contributed by atoms with Crippen LogP contribution in [-0.4, -0.2) is 79.7 Å². The van der Waals surface area contributed by atoms with E-state index < -0.39 is 40.8 Å². The first-order valence-electron chi connectivity index (χ1n) is 17.0. The van der Waals surface area contributed by atoms with Gasteiger partial charge < -0.3 is 25.3 Å². The van der Waals surface area contributed by atoms with Gasteiger partial charge in [-0.3, -0.25) is 29.0 Å². The van der Waals surface area contributed by atoms with Gasteiger partial charge in [0.25, 0.3) is 11.8 Å². The lowest BCUT2D eigenvalue weighted by Gasteiger charge is -2.31. The second kappa shape index (κ2) is 16.7. The van der Waals surface area contributed by atoms with Crippen molar-refractivity contribution in [3.63, 3.8) is 0 Å². The van der Waals surface area contributed by atoms with Crippen molar-refractivity contribution in [1.82, 2.24) is 36.0 Å². The maximum absolute atomic E-state index is 13.8. The maximum atomic E-state index is 13.8. The number of nitrogens with one attached hydrogen (secondary N) is 3. The van der Waals surface area contributed by atoms with Crippen LogP contribution in [0.1, 0.15) is 128 Å². The number of hydrogen-bond donors (Lipinski definition) is 3. The molecule has 0 aromatic carbocycles. The molecule has 0 saturated carbocycles. The molecule has 2 aromatic heterocycles. The Morgan fingerprint density at radius 1 is 0.980 bits per heavy atom. The van der Waals surface area contributed by atoms with Gasteiger partial charge in [-0.05, 0) is 63.5 Å². The molecule has 1 aliphatic rings. The molecule has 0 unspecified atom stereocenters. The van der Waals surface area contributed by atoms with Crippen LogP contribution in [0.15, 0.2) is 22.7 Å². The predicted molar refractivity (Wildman–Crippen MR) is 185 cm³/mol. The number of aromatic nitrogens is 3. The largest absolute Gasteiger partial charge is 0.418 e. The number of unbranched alkanes of at least 4 members (excludes halogenated alkanes) is 1. The number of amides is 4.